The van der Waals surface area contributed by atoms with E-state index in [1.165, 1.54) is 18.2 Å². The van der Waals surface area contributed by atoms with Gasteiger partial charge in [-0.1, -0.05) is 35.3 Å². The summed E-state index contributed by atoms with van der Waals surface area (Å²) >= 11 is 12.0. The van der Waals surface area contributed by atoms with Crippen molar-refractivity contribution >= 4 is 40.5 Å². The molecular weight excluding hydrogens is 379 g/mol. The van der Waals surface area contributed by atoms with Crippen molar-refractivity contribution in [1.82, 2.24) is 0 Å². The van der Waals surface area contributed by atoms with Gasteiger partial charge in [-0.2, -0.15) is 0 Å². The number of aryl methyl sites for hydroxylation is 1. The van der Waals surface area contributed by atoms with Crippen LogP contribution in [0.25, 0.3) is 11.3 Å². The minimum absolute atomic E-state index is 0.107. The highest BCUT2D eigenvalue weighted by atomic mass is 35.5. The number of carbonyl (C=O) groups excluding carboxylic acids is 1. The molecule has 0 aliphatic rings. The van der Waals surface area contributed by atoms with Gasteiger partial charge in [0.15, 0.2) is 0 Å². The van der Waals surface area contributed by atoms with E-state index >= 15 is 0 Å². The fraction of sp³-hybridized carbons (Fsp3) is 0.0556. The number of benzene rings is 2. The summed E-state index contributed by atoms with van der Waals surface area (Å²) in [6.07, 6.45) is 0. The van der Waals surface area contributed by atoms with Crippen LogP contribution in [0.2, 0.25) is 10.0 Å². The van der Waals surface area contributed by atoms with Crippen LogP contribution in [0.5, 0.6) is 0 Å². The Morgan fingerprint density at radius 2 is 1.77 bits per heavy atom. The number of nitrogens with zero attached hydrogens (tertiary/aromatic N) is 1. The van der Waals surface area contributed by atoms with Crippen molar-refractivity contribution in [3.05, 3.63) is 80.0 Å². The fourth-order valence-corrected chi connectivity index (χ4v) is 3.00. The second kappa shape index (κ2) is 7.19. The molecule has 0 bridgehead atoms. The number of nitro benzene ring substituents is 1. The molecule has 1 amide bonds. The molecule has 0 radical (unpaired) electrons. The number of amides is 1. The van der Waals surface area contributed by atoms with Crippen LogP contribution < -0.4 is 5.32 Å². The Kier molecular flexibility index (Phi) is 4.97. The van der Waals surface area contributed by atoms with E-state index in [9.17, 15) is 14.9 Å². The third-order valence-electron chi connectivity index (χ3n) is 3.66. The highest BCUT2D eigenvalue weighted by Crippen LogP contribution is 2.31. The van der Waals surface area contributed by atoms with Crippen LogP contribution >= 0.6 is 23.2 Å². The van der Waals surface area contributed by atoms with Gasteiger partial charge in [-0.25, -0.2) is 0 Å². The van der Waals surface area contributed by atoms with E-state index in [1.54, 1.807) is 37.3 Å². The summed E-state index contributed by atoms with van der Waals surface area (Å²) in [5, 5.41) is 14.5. The maximum atomic E-state index is 12.5. The maximum absolute atomic E-state index is 12.5. The van der Waals surface area contributed by atoms with Gasteiger partial charge in [0.05, 0.1) is 10.5 Å². The van der Waals surface area contributed by atoms with Gasteiger partial charge in [0.1, 0.15) is 17.2 Å². The lowest BCUT2D eigenvalue weighted by molar-refractivity contribution is -0.383. The Labute approximate surface area is 158 Å². The molecule has 0 fully saturated rings. The molecule has 3 aromatic rings. The topological polar surface area (TPSA) is 85.4 Å². The second-order valence-corrected chi connectivity index (χ2v) is 6.34. The fourth-order valence-electron chi connectivity index (χ4n) is 2.47. The van der Waals surface area contributed by atoms with E-state index in [0.717, 1.165) is 0 Å². The number of rotatable bonds is 4. The Bertz CT molecular complexity index is 994. The molecule has 0 saturated heterocycles. The Hall–Kier alpha value is -2.83. The van der Waals surface area contributed by atoms with Crippen LogP contribution in [-0.2, 0) is 0 Å². The van der Waals surface area contributed by atoms with Gasteiger partial charge in [0.2, 0.25) is 0 Å². The Morgan fingerprint density at radius 3 is 2.42 bits per heavy atom. The van der Waals surface area contributed by atoms with Crippen molar-refractivity contribution in [3.63, 3.8) is 0 Å². The molecule has 0 aliphatic carbocycles. The van der Waals surface area contributed by atoms with Crippen molar-refractivity contribution in [1.29, 1.82) is 0 Å². The van der Waals surface area contributed by atoms with Crippen molar-refractivity contribution in [2.75, 3.05) is 5.32 Å². The number of hydrogen-bond donors (Lipinski definition) is 1. The molecular formula is C18H12Cl2N2O4. The van der Waals surface area contributed by atoms with Gasteiger partial charge in [-0.3, -0.25) is 14.9 Å². The van der Waals surface area contributed by atoms with Crippen LogP contribution in [0.15, 0.2) is 52.9 Å². The summed E-state index contributed by atoms with van der Waals surface area (Å²) in [6.45, 7) is 1.63. The van der Waals surface area contributed by atoms with Gasteiger partial charge >= 0.3 is 0 Å². The van der Waals surface area contributed by atoms with E-state index in [2.05, 4.69) is 5.32 Å². The average molecular weight is 391 g/mol. The molecule has 2 aromatic carbocycles. The highest BCUT2D eigenvalue weighted by molar-refractivity contribution is 6.35. The van der Waals surface area contributed by atoms with Crippen LogP contribution in [0.1, 0.15) is 16.1 Å². The molecule has 0 aliphatic heterocycles. The quantitative estimate of drug-likeness (QED) is 0.455. The zero-order chi connectivity index (χ0) is 18.8. The van der Waals surface area contributed by atoms with E-state index in [-0.39, 0.29) is 16.9 Å². The standard InChI is InChI=1S/C18H12Cl2N2O4/c1-10-14(9-17(26-10)11-6-12(19)8-13(20)7-11)18(23)21-15-4-2-3-5-16(15)22(24)25/h2-9H,1H3,(H,21,23). The monoisotopic (exact) mass is 390 g/mol. The summed E-state index contributed by atoms with van der Waals surface area (Å²) in [7, 11) is 0. The molecule has 1 N–H and O–H groups in total. The minimum atomic E-state index is -0.558. The van der Waals surface area contributed by atoms with Gasteiger partial charge < -0.3 is 9.73 Å². The lowest BCUT2D eigenvalue weighted by atomic mass is 10.1. The lowest BCUT2D eigenvalue weighted by Crippen LogP contribution is -2.13. The summed E-state index contributed by atoms with van der Waals surface area (Å²) in [4.78, 5) is 23.1. The minimum Gasteiger partial charge on any atom is -0.461 e. The normalized spacial score (nSPS) is 10.6. The van der Waals surface area contributed by atoms with Gasteiger partial charge in [0.25, 0.3) is 11.6 Å². The van der Waals surface area contributed by atoms with Gasteiger partial charge in [0, 0.05) is 21.7 Å². The molecule has 132 valence electrons. The van der Waals surface area contributed by atoms with Gasteiger partial charge in [-0.05, 0) is 37.3 Å². The number of para-hydroxylation sites is 2. The molecule has 6 nitrogen and oxygen atoms in total. The zero-order valence-electron chi connectivity index (χ0n) is 13.5. The van der Waals surface area contributed by atoms with Crippen molar-refractivity contribution in [3.8, 4) is 11.3 Å². The first kappa shape index (κ1) is 18.0. The lowest BCUT2D eigenvalue weighted by Gasteiger charge is -2.04. The van der Waals surface area contributed by atoms with Crippen LogP contribution in [0.3, 0.4) is 0 Å². The number of carbonyl (C=O) groups is 1. The van der Waals surface area contributed by atoms with E-state index in [4.69, 9.17) is 27.6 Å². The van der Waals surface area contributed by atoms with Crippen molar-refractivity contribution in [2.24, 2.45) is 0 Å². The average Bonchev–Trinajstić information content (AvgIpc) is 2.96. The van der Waals surface area contributed by atoms with Crippen molar-refractivity contribution in [2.45, 2.75) is 6.92 Å². The third kappa shape index (κ3) is 3.71. The SMILES string of the molecule is Cc1oc(-c2cc(Cl)cc(Cl)c2)cc1C(=O)Nc1ccccc1[N+](=O)[O-]. The first-order chi connectivity index (χ1) is 12.3. The molecule has 3 rings (SSSR count). The molecule has 1 heterocycles. The number of halogens is 2. The first-order valence-electron chi connectivity index (χ1n) is 7.47. The maximum Gasteiger partial charge on any atom is 0.292 e. The highest BCUT2D eigenvalue weighted by Gasteiger charge is 2.20. The number of nitrogens with one attached hydrogen (secondary N) is 1. The van der Waals surface area contributed by atoms with E-state index < -0.39 is 10.8 Å². The summed E-state index contributed by atoms with van der Waals surface area (Å²) in [5.74, 6) is 0.270. The first-order valence-corrected chi connectivity index (χ1v) is 8.22. The molecule has 1 aromatic heterocycles. The smallest absolute Gasteiger partial charge is 0.292 e. The molecule has 0 atom stereocenters. The number of hydrogen-bond acceptors (Lipinski definition) is 4. The van der Waals surface area contributed by atoms with Crippen LogP contribution in [-0.4, -0.2) is 10.8 Å². The van der Waals surface area contributed by atoms with Crippen LogP contribution in [0.4, 0.5) is 11.4 Å². The Balaban J connectivity index is 1.92. The van der Waals surface area contributed by atoms with Crippen molar-refractivity contribution < 1.29 is 14.1 Å². The van der Waals surface area contributed by atoms with E-state index in [1.807, 2.05) is 0 Å². The third-order valence-corrected chi connectivity index (χ3v) is 4.09. The predicted octanol–water partition coefficient (Wildman–Crippen LogP) is 5.72. The summed E-state index contributed by atoms with van der Waals surface area (Å²) < 4.78 is 5.64. The molecule has 8 heteroatoms. The van der Waals surface area contributed by atoms with E-state index in [0.29, 0.717) is 27.1 Å². The number of nitro groups is 1. The molecule has 0 spiro atoms. The molecule has 26 heavy (non-hydrogen) atoms. The molecule has 0 saturated carbocycles. The summed E-state index contributed by atoms with van der Waals surface area (Å²) in [5.41, 5.74) is 0.795. The molecule has 0 unspecified atom stereocenters. The van der Waals surface area contributed by atoms with Crippen LogP contribution in [0, 0.1) is 17.0 Å². The van der Waals surface area contributed by atoms with Gasteiger partial charge in [-0.15, -0.1) is 0 Å². The second-order valence-electron chi connectivity index (χ2n) is 5.47. The number of furan rings is 1. The zero-order valence-corrected chi connectivity index (χ0v) is 15.0. The summed E-state index contributed by atoms with van der Waals surface area (Å²) in [6, 6.07) is 12.4. The number of anilines is 1. The largest absolute Gasteiger partial charge is 0.461 e. The Morgan fingerprint density at radius 1 is 1.12 bits per heavy atom. The predicted molar refractivity (Wildman–Crippen MR) is 100.0 cm³/mol.